The van der Waals surface area contributed by atoms with Gasteiger partial charge in [-0.25, -0.2) is 0 Å². The van der Waals surface area contributed by atoms with Crippen molar-refractivity contribution in [2.45, 2.75) is 32.0 Å². The van der Waals surface area contributed by atoms with Crippen LogP contribution in [-0.4, -0.2) is 29.1 Å². The summed E-state index contributed by atoms with van der Waals surface area (Å²) in [6.07, 6.45) is 4.35. The second-order valence-corrected chi connectivity index (χ2v) is 7.64. The molecule has 2 aromatic carbocycles. The smallest absolute Gasteiger partial charge is 0.130 e. The largest absolute Gasteiger partial charge is 0.487 e. The monoisotopic (exact) mass is 372 g/mol. The second-order valence-electron chi connectivity index (χ2n) is 7.64. The number of aliphatic imine (C=N–C) groups is 1. The Morgan fingerprint density at radius 1 is 1.14 bits per heavy atom. The maximum absolute atomic E-state index is 6.14. The van der Waals surface area contributed by atoms with Crippen molar-refractivity contribution >= 4 is 11.9 Å². The lowest BCUT2D eigenvalue weighted by Crippen LogP contribution is -2.36. The van der Waals surface area contributed by atoms with Crippen molar-refractivity contribution in [2.24, 2.45) is 10.9 Å². The van der Waals surface area contributed by atoms with Crippen molar-refractivity contribution in [2.75, 3.05) is 12.4 Å². The van der Waals surface area contributed by atoms with Gasteiger partial charge in [0.15, 0.2) is 0 Å². The lowest BCUT2D eigenvalue weighted by Gasteiger charge is -2.34. The molecule has 0 atom stereocenters. The van der Waals surface area contributed by atoms with Crippen LogP contribution in [0.2, 0.25) is 0 Å². The summed E-state index contributed by atoms with van der Waals surface area (Å²) in [5.74, 6) is 1.57. The number of ether oxygens (including phenoxy) is 1. The van der Waals surface area contributed by atoms with Crippen molar-refractivity contribution in [3.63, 3.8) is 0 Å². The third-order valence-electron chi connectivity index (χ3n) is 5.60. The Kier molecular flexibility index (Phi) is 4.35. The van der Waals surface area contributed by atoms with E-state index in [0.717, 1.165) is 53.3 Å². The number of nitrogens with one attached hydrogen (secondary N) is 1. The van der Waals surface area contributed by atoms with E-state index in [1.165, 1.54) is 0 Å². The maximum atomic E-state index is 6.14. The molecule has 142 valence electrons. The fourth-order valence-electron chi connectivity index (χ4n) is 4.03. The quantitative estimate of drug-likeness (QED) is 0.692. The van der Waals surface area contributed by atoms with Gasteiger partial charge in [-0.1, -0.05) is 36.4 Å². The average Bonchev–Trinajstić information content (AvgIpc) is 3.02. The van der Waals surface area contributed by atoms with E-state index < -0.39 is 0 Å². The number of benzene rings is 2. The average molecular weight is 372 g/mol. The van der Waals surface area contributed by atoms with Gasteiger partial charge in [-0.2, -0.15) is 5.10 Å². The highest BCUT2D eigenvalue weighted by molar-refractivity contribution is 5.63. The molecule has 28 heavy (non-hydrogen) atoms. The number of nitrogens with zero attached hydrogens (tertiary/aromatic N) is 3. The molecule has 5 heteroatoms. The minimum Gasteiger partial charge on any atom is -0.487 e. The lowest BCUT2D eigenvalue weighted by molar-refractivity contribution is 0.301. The van der Waals surface area contributed by atoms with Gasteiger partial charge in [-0.3, -0.25) is 4.68 Å². The van der Waals surface area contributed by atoms with Crippen LogP contribution in [0.1, 0.15) is 24.1 Å². The molecule has 2 aliphatic rings. The molecule has 0 bridgehead atoms. The van der Waals surface area contributed by atoms with Crippen LogP contribution in [0.25, 0.3) is 11.3 Å². The normalized spacial score (nSPS) is 20.6. The third-order valence-corrected chi connectivity index (χ3v) is 5.60. The topological polar surface area (TPSA) is 51.4 Å². The molecule has 1 aliphatic carbocycles. The Balaban J connectivity index is 1.31. The zero-order valence-electron chi connectivity index (χ0n) is 16.0. The zero-order valence-corrected chi connectivity index (χ0v) is 16.0. The van der Waals surface area contributed by atoms with Crippen LogP contribution >= 0.6 is 0 Å². The molecule has 1 saturated carbocycles. The standard InChI is InChI=1S/C23H24N4O/c1-24-13-16-9-20(10-16)25-19-8-7-18-14-27-21(15-28-23(18)11-19)12-22(26-27)17-5-3-2-4-6-17/h2-8,11-13,16,20,25H,9-10,14-15H2,1H3/b24-13-/t16-,20-. The highest BCUT2D eigenvalue weighted by Gasteiger charge is 2.27. The second kappa shape index (κ2) is 7.15. The zero-order chi connectivity index (χ0) is 18.9. The number of hydrogen-bond acceptors (Lipinski definition) is 4. The molecule has 0 saturated heterocycles. The van der Waals surface area contributed by atoms with Crippen LogP contribution in [0, 0.1) is 5.92 Å². The van der Waals surface area contributed by atoms with Crippen LogP contribution in [0.5, 0.6) is 5.75 Å². The Morgan fingerprint density at radius 3 is 2.82 bits per heavy atom. The fourth-order valence-corrected chi connectivity index (χ4v) is 4.03. The van der Waals surface area contributed by atoms with Crippen molar-refractivity contribution < 1.29 is 4.74 Å². The molecule has 5 rings (SSSR count). The van der Waals surface area contributed by atoms with Gasteiger partial charge >= 0.3 is 0 Å². The van der Waals surface area contributed by atoms with E-state index in [4.69, 9.17) is 9.84 Å². The van der Waals surface area contributed by atoms with Gasteiger partial charge in [-0.15, -0.1) is 0 Å². The van der Waals surface area contributed by atoms with Crippen LogP contribution in [0.4, 0.5) is 5.69 Å². The maximum Gasteiger partial charge on any atom is 0.130 e. The summed E-state index contributed by atoms with van der Waals surface area (Å²) in [5.41, 5.74) is 5.52. The minimum absolute atomic E-state index is 0.524. The molecular weight excluding hydrogens is 348 g/mol. The molecule has 1 N–H and O–H groups in total. The molecule has 0 amide bonds. The van der Waals surface area contributed by atoms with E-state index in [9.17, 15) is 0 Å². The minimum atomic E-state index is 0.524. The van der Waals surface area contributed by atoms with Gasteiger partial charge in [-0.05, 0) is 30.9 Å². The number of anilines is 1. The summed E-state index contributed by atoms with van der Waals surface area (Å²) in [4.78, 5) is 4.13. The third kappa shape index (κ3) is 3.28. The predicted molar refractivity (Wildman–Crippen MR) is 112 cm³/mol. The first kappa shape index (κ1) is 17.0. The van der Waals surface area contributed by atoms with Gasteiger partial charge in [0.1, 0.15) is 12.4 Å². The van der Waals surface area contributed by atoms with Gasteiger partial charge in [0.05, 0.1) is 17.9 Å². The lowest BCUT2D eigenvalue weighted by atomic mass is 9.81. The number of fused-ring (bicyclic) bond motifs is 2. The van der Waals surface area contributed by atoms with Crippen LogP contribution in [-0.2, 0) is 13.2 Å². The summed E-state index contributed by atoms with van der Waals surface area (Å²) in [7, 11) is 1.85. The van der Waals surface area contributed by atoms with E-state index in [1.807, 2.05) is 25.2 Å². The van der Waals surface area contributed by atoms with Crippen molar-refractivity contribution in [1.82, 2.24) is 9.78 Å². The summed E-state index contributed by atoms with van der Waals surface area (Å²) < 4.78 is 8.19. The van der Waals surface area contributed by atoms with Gasteiger partial charge in [0.25, 0.3) is 0 Å². The van der Waals surface area contributed by atoms with Crippen molar-refractivity contribution in [3.05, 3.63) is 65.9 Å². The van der Waals surface area contributed by atoms with E-state index in [2.05, 4.69) is 57.6 Å². The Morgan fingerprint density at radius 2 is 2.00 bits per heavy atom. The van der Waals surface area contributed by atoms with Gasteiger partial charge in [0, 0.05) is 42.2 Å². The summed E-state index contributed by atoms with van der Waals surface area (Å²) >= 11 is 0. The Labute approximate surface area is 165 Å². The van der Waals surface area contributed by atoms with E-state index in [1.54, 1.807) is 0 Å². The van der Waals surface area contributed by atoms with E-state index in [0.29, 0.717) is 18.6 Å². The number of rotatable bonds is 4. The molecule has 5 nitrogen and oxygen atoms in total. The molecule has 0 radical (unpaired) electrons. The first-order valence-corrected chi connectivity index (χ1v) is 9.85. The molecule has 0 spiro atoms. The molecule has 1 aromatic heterocycles. The molecule has 3 aromatic rings. The van der Waals surface area contributed by atoms with Crippen LogP contribution in [0.15, 0.2) is 59.6 Å². The molecule has 2 heterocycles. The van der Waals surface area contributed by atoms with Gasteiger partial charge in [0.2, 0.25) is 0 Å². The van der Waals surface area contributed by atoms with E-state index >= 15 is 0 Å². The fraction of sp³-hybridized carbons (Fsp3) is 0.304. The Hall–Kier alpha value is -3.08. The highest BCUT2D eigenvalue weighted by Crippen LogP contribution is 2.33. The molecule has 1 fully saturated rings. The first-order valence-electron chi connectivity index (χ1n) is 9.85. The molecular formula is C23H24N4O. The summed E-state index contributed by atoms with van der Waals surface area (Å²) in [6.45, 7) is 1.27. The van der Waals surface area contributed by atoms with Crippen LogP contribution in [0.3, 0.4) is 0 Å². The van der Waals surface area contributed by atoms with Crippen molar-refractivity contribution in [1.29, 1.82) is 0 Å². The highest BCUT2D eigenvalue weighted by atomic mass is 16.5. The van der Waals surface area contributed by atoms with Gasteiger partial charge < -0.3 is 15.0 Å². The number of aromatic nitrogens is 2. The summed E-state index contributed by atoms with van der Waals surface area (Å²) in [6, 6.07) is 19.4. The molecule has 1 aliphatic heterocycles. The van der Waals surface area contributed by atoms with Crippen molar-refractivity contribution in [3.8, 4) is 17.0 Å². The predicted octanol–water partition coefficient (Wildman–Crippen LogP) is 4.38. The summed E-state index contributed by atoms with van der Waals surface area (Å²) in [5, 5.41) is 8.43. The van der Waals surface area contributed by atoms with Crippen LogP contribution < -0.4 is 10.1 Å². The van der Waals surface area contributed by atoms with E-state index in [-0.39, 0.29) is 0 Å². The SMILES string of the molecule is C/N=C\[C@H]1C[C@H](Nc2ccc3c(c2)OCc2cc(-c4ccccc4)nn2C3)C1. The number of hydrogen-bond donors (Lipinski definition) is 1. The first-order chi connectivity index (χ1) is 13.8. The Bertz CT molecular complexity index is 1000. The molecule has 0 unspecified atom stereocenters.